The molecule has 19 heavy (non-hydrogen) atoms. The van der Waals surface area contributed by atoms with Crippen LogP contribution in [0, 0.1) is 17.8 Å². The van der Waals surface area contributed by atoms with Gasteiger partial charge < -0.3 is 14.6 Å². The number of hydrogen-bond acceptors (Lipinski definition) is 4. The van der Waals surface area contributed by atoms with Crippen LogP contribution in [0.1, 0.15) is 19.3 Å². The first kappa shape index (κ1) is 11.7. The Morgan fingerprint density at radius 1 is 1.37 bits per heavy atom. The molecule has 0 amide bonds. The molecule has 0 aromatic carbocycles. The van der Waals surface area contributed by atoms with Gasteiger partial charge in [-0.05, 0) is 30.8 Å². The third-order valence-electron chi connectivity index (χ3n) is 5.46. The molecule has 4 rings (SSSR count). The Bertz CT molecular complexity index is 490. The number of epoxide rings is 1. The van der Waals surface area contributed by atoms with Crippen molar-refractivity contribution in [1.82, 2.24) is 0 Å². The minimum atomic E-state index is -0.687. The van der Waals surface area contributed by atoms with E-state index in [9.17, 15) is 9.90 Å². The summed E-state index contributed by atoms with van der Waals surface area (Å²) in [6.07, 6.45) is 1.73. The third-order valence-corrected chi connectivity index (χ3v) is 5.46. The molecule has 102 valence electrons. The van der Waals surface area contributed by atoms with Crippen LogP contribution in [0.5, 0.6) is 0 Å². The number of aliphatic hydroxyl groups excluding tert-OH is 1. The zero-order chi connectivity index (χ0) is 13.4. The van der Waals surface area contributed by atoms with Crippen molar-refractivity contribution in [3.05, 3.63) is 24.3 Å². The van der Waals surface area contributed by atoms with Crippen LogP contribution in [-0.4, -0.2) is 35.5 Å². The second-order valence-electron chi connectivity index (χ2n) is 6.31. The Hall–Kier alpha value is -1.13. The highest BCUT2D eigenvalue weighted by Crippen LogP contribution is 2.57. The van der Waals surface area contributed by atoms with Crippen molar-refractivity contribution >= 4 is 5.97 Å². The van der Waals surface area contributed by atoms with E-state index in [2.05, 4.69) is 13.2 Å². The van der Waals surface area contributed by atoms with Gasteiger partial charge in [-0.15, -0.1) is 0 Å². The molecule has 6 atom stereocenters. The topological polar surface area (TPSA) is 59.1 Å². The minimum absolute atomic E-state index is 0.0162. The van der Waals surface area contributed by atoms with E-state index in [-0.39, 0.29) is 29.8 Å². The maximum atomic E-state index is 12.0. The molecule has 1 N–H and O–H groups in total. The van der Waals surface area contributed by atoms with Crippen molar-refractivity contribution in [2.24, 2.45) is 17.8 Å². The minimum Gasteiger partial charge on any atom is -0.459 e. The number of carbonyl (C=O) groups is 1. The van der Waals surface area contributed by atoms with Gasteiger partial charge >= 0.3 is 5.97 Å². The van der Waals surface area contributed by atoms with E-state index in [1.54, 1.807) is 0 Å². The van der Waals surface area contributed by atoms with Crippen LogP contribution in [0.15, 0.2) is 24.3 Å². The highest BCUT2D eigenvalue weighted by molar-refractivity contribution is 5.85. The average Bonchev–Trinajstić information content (AvgIpc) is 3.07. The lowest BCUT2D eigenvalue weighted by atomic mass is 9.79. The van der Waals surface area contributed by atoms with Gasteiger partial charge in [0.05, 0.1) is 12.7 Å². The van der Waals surface area contributed by atoms with E-state index in [0.29, 0.717) is 13.0 Å². The molecule has 4 fully saturated rings. The Morgan fingerprint density at radius 2 is 2.11 bits per heavy atom. The first-order valence-corrected chi connectivity index (χ1v) is 6.94. The number of ether oxygens (including phenoxy) is 2. The summed E-state index contributed by atoms with van der Waals surface area (Å²) in [5.41, 5.74) is 1.27. The molecular weight excluding hydrogens is 244 g/mol. The van der Waals surface area contributed by atoms with Crippen LogP contribution in [0.3, 0.4) is 0 Å². The predicted octanol–water partition coefficient (Wildman–Crippen LogP) is 1.20. The number of aliphatic hydroxyl groups is 1. The van der Waals surface area contributed by atoms with Crippen molar-refractivity contribution in [2.75, 3.05) is 6.61 Å². The van der Waals surface area contributed by atoms with Crippen LogP contribution >= 0.6 is 0 Å². The molecule has 2 saturated heterocycles. The Morgan fingerprint density at radius 3 is 2.79 bits per heavy atom. The van der Waals surface area contributed by atoms with Crippen LogP contribution in [0.2, 0.25) is 0 Å². The molecule has 2 heterocycles. The van der Waals surface area contributed by atoms with Crippen LogP contribution < -0.4 is 0 Å². The number of rotatable bonds is 0. The van der Waals surface area contributed by atoms with Gasteiger partial charge in [0.25, 0.3) is 0 Å². The highest BCUT2D eigenvalue weighted by Gasteiger charge is 2.69. The van der Waals surface area contributed by atoms with Gasteiger partial charge in [0.15, 0.2) is 5.60 Å². The fraction of sp³-hybridized carbons (Fsp3) is 0.667. The summed E-state index contributed by atoms with van der Waals surface area (Å²) in [5.74, 6) is 0.0819. The van der Waals surface area contributed by atoms with Gasteiger partial charge in [0.1, 0.15) is 6.10 Å². The van der Waals surface area contributed by atoms with E-state index < -0.39 is 11.7 Å². The quantitative estimate of drug-likeness (QED) is 0.405. The number of allylic oxidation sites excluding steroid dienone is 1. The number of fused-ring (bicyclic) bond motifs is 4. The smallest absolute Gasteiger partial charge is 0.341 e. The number of esters is 1. The van der Waals surface area contributed by atoms with E-state index >= 15 is 0 Å². The second kappa shape index (κ2) is 3.49. The molecule has 2 saturated carbocycles. The summed E-state index contributed by atoms with van der Waals surface area (Å²) in [7, 11) is 0. The van der Waals surface area contributed by atoms with Crippen molar-refractivity contribution in [3.8, 4) is 0 Å². The number of hydrogen-bond donors (Lipinski definition) is 1. The fourth-order valence-corrected chi connectivity index (χ4v) is 4.26. The summed E-state index contributed by atoms with van der Waals surface area (Å²) in [5, 5.41) is 10.1. The van der Waals surface area contributed by atoms with E-state index in [1.165, 1.54) is 0 Å². The van der Waals surface area contributed by atoms with Crippen molar-refractivity contribution in [1.29, 1.82) is 0 Å². The van der Waals surface area contributed by atoms with Gasteiger partial charge in [0.2, 0.25) is 0 Å². The lowest BCUT2D eigenvalue weighted by Crippen LogP contribution is -2.33. The van der Waals surface area contributed by atoms with E-state index in [4.69, 9.17) is 9.47 Å². The third kappa shape index (κ3) is 1.33. The average molecular weight is 262 g/mol. The highest BCUT2D eigenvalue weighted by atomic mass is 16.7. The van der Waals surface area contributed by atoms with E-state index in [1.807, 2.05) is 0 Å². The molecule has 2 aliphatic heterocycles. The van der Waals surface area contributed by atoms with Crippen LogP contribution in [-0.2, 0) is 14.3 Å². The Kier molecular flexibility index (Phi) is 2.15. The summed E-state index contributed by atoms with van der Waals surface area (Å²) >= 11 is 0. The lowest BCUT2D eigenvalue weighted by molar-refractivity contribution is -0.146. The first-order chi connectivity index (χ1) is 9.04. The summed E-state index contributed by atoms with van der Waals surface area (Å²) in [6, 6.07) is 0. The summed E-state index contributed by atoms with van der Waals surface area (Å²) in [6.45, 7) is 8.67. The molecule has 1 spiro atoms. The van der Waals surface area contributed by atoms with Crippen molar-refractivity contribution < 1.29 is 19.4 Å². The molecule has 2 aliphatic carbocycles. The molecule has 4 nitrogen and oxygen atoms in total. The standard InChI is InChI=1S/C15H18O4/c1-7-3-4-10-13(19-14(17)15(10)6-18-15)12-8(2)11(16)5-9(7)12/h9-13,16H,1-6H2/t9-,10+,11+,12-,13-,15+/m0/s1. The van der Waals surface area contributed by atoms with E-state index in [0.717, 1.165) is 24.0 Å². The molecular formula is C15H18O4. The summed E-state index contributed by atoms with van der Waals surface area (Å²) < 4.78 is 11.1. The van der Waals surface area contributed by atoms with Gasteiger partial charge in [-0.1, -0.05) is 18.7 Å². The first-order valence-electron chi connectivity index (χ1n) is 6.94. The summed E-state index contributed by atoms with van der Waals surface area (Å²) in [4.78, 5) is 12.0. The monoisotopic (exact) mass is 262 g/mol. The fourth-order valence-electron chi connectivity index (χ4n) is 4.26. The molecule has 0 aromatic heterocycles. The molecule has 0 radical (unpaired) electrons. The largest absolute Gasteiger partial charge is 0.459 e. The van der Waals surface area contributed by atoms with Crippen LogP contribution in [0.25, 0.3) is 0 Å². The molecule has 0 bridgehead atoms. The zero-order valence-corrected chi connectivity index (χ0v) is 10.8. The second-order valence-corrected chi connectivity index (χ2v) is 6.31. The normalized spacial score (nSPS) is 51.8. The maximum absolute atomic E-state index is 12.0. The van der Waals surface area contributed by atoms with Crippen molar-refractivity contribution in [3.63, 3.8) is 0 Å². The molecule has 4 aliphatic rings. The Balaban J connectivity index is 1.76. The zero-order valence-electron chi connectivity index (χ0n) is 10.8. The molecule has 0 aromatic rings. The molecule has 4 heteroatoms. The number of carbonyl (C=O) groups excluding carboxylic acids is 1. The molecule has 0 unspecified atom stereocenters. The van der Waals surface area contributed by atoms with Gasteiger partial charge in [-0.3, -0.25) is 0 Å². The maximum Gasteiger partial charge on any atom is 0.341 e. The van der Waals surface area contributed by atoms with Gasteiger partial charge in [0, 0.05) is 11.8 Å². The SMILES string of the molecule is C=C1[C@@H]2[C@H]3OC(=O)[C@@]4(CO4)[C@@H]3CCC(=C)[C@@H]2C[C@H]1O. The van der Waals surface area contributed by atoms with Crippen molar-refractivity contribution in [2.45, 2.75) is 37.1 Å². The predicted molar refractivity (Wildman–Crippen MR) is 67.2 cm³/mol. The van der Waals surface area contributed by atoms with Gasteiger partial charge in [-0.2, -0.15) is 0 Å². The lowest BCUT2D eigenvalue weighted by Gasteiger charge is -2.26. The van der Waals surface area contributed by atoms with Crippen LogP contribution in [0.4, 0.5) is 0 Å². The van der Waals surface area contributed by atoms with Gasteiger partial charge in [-0.25, -0.2) is 4.79 Å². The Labute approximate surface area is 112 Å².